The third-order valence-electron chi connectivity index (χ3n) is 17.6. The Hall–Kier alpha value is -3.07. The van der Waals surface area contributed by atoms with Gasteiger partial charge in [0.1, 0.15) is 19.8 Å². The summed E-state index contributed by atoms with van der Waals surface area (Å²) in [6, 6.07) is 0. The van der Waals surface area contributed by atoms with Crippen LogP contribution in [0.3, 0.4) is 0 Å². The van der Waals surface area contributed by atoms with Gasteiger partial charge in [0, 0.05) is 12.8 Å². The Balaban J connectivity index is 3.94. The van der Waals surface area contributed by atoms with Crippen molar-refractivity contribution in [3.8, 4) is 0 Å². The largest absolute Gasteiger partial charge is 0.756 e. The van der Waals surface area contributed by atoms with E-state index in [1.807, 2.05) is 21.1 Å². The molecule has 0 saturated heterocycles. The zero-order valence-electron chi connectivity index (χ0n) is 62.4. The molecule has 0 aliphatic heterocycles. The van der Waals surface area contributed by atoms with Crippen LogP contribution in [0.5, 0.6) is 0 Å². The molecule has 0 aromatic heterocycles. The van der Waals surface area contributed by atoms with Gasteiger partial charge in [-0.15, -0.1) is 0 Å². The van der Waals surface area contributed by atoms with Crippen molar-refractivity contribution in [1.29, 1.82) is 0 Å². The maximum absolute atomic E-state index is 12.9. The fraction of sp³-hybridized carbons (Fsp3) is 0.786. The third kappa shape index (κ3) is 77.9. The number of quaternary nitrogens is 1. The number of carbonyl (C=O) groups is 2. The summed E-state index contributed by atoms with van der Waals surface area (Å²) in [7, 11) is 1.18. The SMILES string of the molecule is CC/C=C\C/C=C\C/C=C\C/C=C\C/C=C\CCCCCCCCCCCCCCCCCCCC(=O)OC(COC(=O)CCCCCCCCCCCCCCCCCCCCCCCC/C=C\C/C=C\C/C=C\CCCCCCC)COP(=O)([O-])OCC[N+](C)(C)C. The van der Waals surface area contributed by atoms with Crippen molar-refractivity contribution in [2.24, 2.45) is 0 Å². The first-order chi connectivity index (χ1) is 46.0. The van der Waals surface area contributed by atoms with E-state index in [0.717, 1.165) is 83.5 Å². The van der Waals surface area contributed by atoms with Gasteiger partial charge >= 0.3 is 11.9 Å². The Kier molecular flexibility index (Phi) is 71.7. The summed E-state index contributed by atoms with van der Waals surface area (Å²) in [5.74, 6) is -0.817. The van der Waals surface area contributed by atoms with E-state index in [-0.39, 0.29) is 32.0 Å². The molecule has 2 unspecified atom stereocenters. The van der Waals surface area contributed by atoms with Crippen LogP contribution in [0.1, 0.15) is 373 Å². The first-order valence-corrected chi connectivity index (χ1v) is 41.4. The average Bonchev–Trinajstić information content (AvgIpc) is 1.56. The number of phosphoric acid groups is 1. The van der Waals surface area contributed by atoms with E-state index in [2.05, 4.69) is 111 Å². The second-order valence-electron chi connectivity index (χ2n) is 28.0. The first-order valence-electron chi connectivity index (χ1n) is 39.9. The molecule has 10 heteroatoms. The number of hydrogen-bond donors (Lipinski definition) is 0. The number of carbonyl (C=O) groups excluding carboxylic acids is 2. The monoisotopic (exact) mass is 1330 g/mol. The van der Waals surface area contributed by atoms with E-state index >= 15 is 0 Å². The molecular weight excluding hydrogens is 1180 g/mol. The number of rotatable bonds is 74. The van der Waals surface area contributed by atoms with Crippen molar-refractivity contribution in [2.75, 3.05) is 47.5 Å². The Morgan fingerprint density at radius 3 is 0.904 bits per heavy atom. The lowest BCUT2D eigenvalue weighted by Gasteiger charge is -2.28. The van der Waals surface area contributed by atoms with Gasteiger partial charge in [-0.3, -0.25) is 14.2 Å². The van der Waals surface area contributed by atoms with E-state index in [1.165, 1.54) is 257 Å². The fourth-order valence-corrected chi connectivity index (χ4v) is 12.2. The summed E-state index contributed by atoms with van der Waals surface area (Å²) in [5, 5.41) is 0. The number of likely N-dealkylation sites (N-methyl/N-ethyl adjacent to an activating group) is 1. The van der Waals surface area contributed by atoms with E-state index < -0.39 is 26.5 Å². The maximum atomic E-state index is 12.9. The van der Waals surface area contributed by atoms with E-state index in [9.17, 15) is 19.0 Å². The number of hydrogen-bond acceptors (Lipinski definition) is 8. The first kappa shape index (κ1) is 90.9. The molecule has 0 amide bonds. The highest BCUT2D eigenvalue weighted by Crippen LogP contribution is 2.38. The minimum absolute atomic E-state index is 0.0311. The highest BCUT2D eigenvalue weighted by Gasteiger charge is 2.22. The Morgan fingerprint density at radius 2 is 0.606 bits per heavy atom. The van der Waals surface area contributed by atoms with Gasteiger partial charge in [0.15, 0.2) is 6.10 Å². The second kappa shape index (κ2) is 74.2. The molecule has 0 saturated carbocycles. The molecule has 0 N–H and O–H groups in total. The van der Waals surface area contributed by atoms with Crippen LogP contribution < -0.4 is 4.89 Å². The third-order valence-corrected chi connectivity index (χ3v) is 18.6. The standard InChI is InChI=1S/C84H152NO8P/c1-6-8-10-12-14-16-18-20-22-24-26-28-30-32-34-36-38-40-41-42-43-45-46-48-50-52-54-56-58-60-62-64-66-68-70-72-74-76-83(86)90-80-82(81-92-94(88,89)91-79-78-85(3,4)5)93-84(87)77-75-73-71-69-67-65-63-61-59-57-55-53-51-49-47-44-39-37-35-33-31-29-27-25-23-21-19-17-15-13-11-9-7-2/h9,11,15,17-18,20-21,23-24,26-27,29-30,32-33,35,82H,6-8,10,12-14,16,19,22,25,28,31,34,36-81H2,1-5H3/b11-9-,17-15-,20-18-,23-21-,26-24-,29-27-,32-30-,35-33-. The predicted octanol–water partition coefficient (Wildman–Crippen LogP) is 26.0. The zero-order valence-corrected chi connectivity index (χ0v) is 63.3. The molecule has 0 aromatic carbocycles. The molecule has 0 rings (SSSR count). The lowest BCUT2D eigenvalue weighted by Crippen LogP contribution is -2.37. The quantitative estimate of drug-likeness (QED) is 0.0195. The van der Waals surface area contributed by atoms with E-state index in [0.29, 0.717) is 17.4 Å². The number of esters is 2. The summed E-state index contributed by atoms with van der Waals surface area (Å²) < 4.78 is 34.4. The predicted molar refractivity (Wildman–Crippen MR) is 406 cm³/mol. The smallest absolute Gasteiger partial charge is 0.306 e. The van der Waals surface area contributed by atoms with Gasteiger partial charge in [0.2, 0.25) is 0 Å². The van der Waals surface area contributed by atoms with Gasteiger partial charge in [-0.05, 0) is 96.3 Å². The van der Waals surface area contributed by atoms with Crippen LogP contribution in [-0.4, -0.2) is 70.0 Å². The molecule has 0 aliphatic carbocycles. The average molecular weight is 1340 g/mol. The van der Waals surface area contributed by atoms with Crippen molar-refractivity contribution in [3.05, 3.63) is 97.2 Å². The van der Waals surface area contributed by atoms with Gasteiger partial charge in [0.05, 0.1) is 27.7 Å². The summed E-state index contributed by atoms with van der Waals surface area (Å²) in [6.45, 7) is 4.17. The molecular formula is C84H152NO8P. The fourth-order valence-electron chi connectivity index (χ4n) is 11.5. The molecule has 0 spiro atoms. The van der Waals surface area contributed by atoms with Gasteiger partial charge < -0.3 is 27.9 Å². The van der Waals surface area contributed by atoms with Crippen LogP contribution in [0.4, 0.5) is 0 Å². The van der Waals surface area contributed by atoms with E-state index in [1.54, 1.807) is 0 Å². The Morgan fingerprint density at radius 1 is 0.340 bits per heavy atom. The van der Waals surface area contributed by atoms with Crippen LogP contribution in [0, 0.1) is 0 Å². The molecule has 2 atom stereocenters. The summed E-state index contributed by atoms with van der Waals surface area (Å²) in [4.78, 5) is 38.2. The van der Waals surface area contributed by atoms with Crippen LogP contribution in [-0.2, 0) is 32.7 Å². The Labute approximate surface area is 583 Å². The summed E-state index contributed by atoms with van der Waals surface area (Å²) in [5.41, 5.74) is 0. The summed E-state index contributed by atoms with van der Waals surface area (Å²) in [6.07, 6.45) is 104. The van der Waals surface area contributed by atoms with Crippen molar-refractivity contribution in [3.63, 3.8) is 0 Å². The molecule has 0 fully saturated rings. The van der Waals surface area contributed by atoms with Gasteiger partial charge in [-0.2, -0.15) is 0 Å². The second-order valence-corrected chi connectivity index (χ2v) is 29.5. The number of unbranched alkanes of at least 4 members (excludes halogenated alkanes) is 44. The van der Waals surface area contributed by atoms with Gasteiger partial charge in [-0.25, -0.2) is 0 Å². The van der Waals surface area contributed by atoms with Crippen molar-refractivity contribution in [2.45, 2.75) is 380 Å². The van der Waals surface area contributed by atoms with Crippen molar-refractivity contribution in [1.82, 2.24) is 0 Å². The minimum Gasteiger partial charge on any atom is -0.756 e. The number of nitrogens with zero attached hydrogens (tertiary/aromatic N) is 1. The number of phosphoric ester groups is 1. The molecule has 0 aliphatic rings. The van der Waals surface area contributed by atoms with Crippen LogP contribution in [0.2, 0.25) is 0 Å². The molecule has 0 heterocycles. The normalized spacial score (nSPS) is 13.6. The summed E-state index contributed by atoms with van der Waals surface area (Å²) >= 11 is 0. The number of allylic oxidation sites excluding steroid dienone is 16. The van der Waals surface area contributed by atoms with Crippen LogP contribution >= 0.6 is 7.82 Å². The zero-order chi connectivity index (χ0) is 68.3. The topological polar surface area (TPSA) is 111 Å². The molecule has 0 aromatic rings. The van der Waals surface area contributed by atoms with Crippen molar-refractivity contribution >= 4 is 19.8 Å². The molecule has 0 radical (unpaired) electrons. The highest BCUT2D eigenvalue weighted by molar-refractivity contribution is 7.45. The van der Waals surface area contributed by atoms with Crippen molar-refractivity contribution < 1.29 is 42.1 Å². The molecule has 0 bridgehead atoms. The van der Waals surface area contributed by atoms with Crippen LogP contribution in [0.15, 0.2) is 97.2 Å². The number of ether oxygens (including phenoxy) is 2. The lowest BCUT2D eigenvalue weighted by molar-refractivity contribution is -0.870. The molecule has 546 valence electrons. The maximum Gasteiger partial charge on any atom is 0.306 e. The molecule has 9 nitrogen and oxygen atoms in total. The van der Waals surface area contributed by atoms with Gasteiger partial charge in [-0.1, -0.05) is 361 Å². The molecule has 94 heavy (non-hydrogen) atoms. The lowest BCUT2D eigenvalue weighted by atomic mass is 10.0. The van der Waals surface area contributed by atoms with Crippen LogP contribution in [0.25, 0.3) is 0 Å². The highest BCUT2D eigenvalue weighted by atomic mass is 31.2. The van der Waals surface area contributed by atoms with E-state index in [4.69, 9.17) is 18.5 Å². The van der Waals surface area contributed by atoms with Gasteiger partial charge in [0.25, 0.3) is 7.82 Å². The minimum atomic E-state index is -4.65. The Bertz CT molecular complexity index is 1910.